The van der Waals surface area contributed by atoms with E-state index >= 15 is 0 Å². The van der Waals surface area contributed by atoms with Crippen LogP contribution in [0.3, 0.4) is 0 Å². The SMILES string of the molecule is COc1cccc(NC(=O)[C@H]2Cc3cc([N+](=O)[O-])ccc3N3CCN(C)C[C@H]23)c1. The Kier molecular flexibility index (Phi) is 5.10. The molecule has 0 unspecified atom stereocenters. The molecule has 0 saturated carbocycles. The number of nitrogens with one attached hydrogen (secondary N) is 1. The molecule has 4 rings (SSSR count). The third kappa shape index (κ3) is 3.75. The second-order valence-corrected chi connectivity index (χ2v) is 7.62. The van der Waals surface area contributed by atoms with Gasteiger partial charge in [-0.1, -0.05) is 6.07 Å². The largest absolute Gasteiger partial charge is 0.497 e. The number of methoxy groups -OCH3 is 1. The van der Waals surface area contributed by atoms with Crippen LogP contribution in [0.4, 0.5) is 17.1 Å². The van der Waals surface area contributed by atoms with Gasteiger partial charge in [-0.05, 0) is 37.2 Å². The number of anilines is 2. The second-order valence-electron chi connectivity index (χ2n) is 7.62. The predicted molar refractivity (Wildman–Crippen MR) is 111 cm³/mol. The number of hydrogen-bond acceptors (Lipinski definition) is 6. The van der Waals surface area contributed by atoms with Crippen LogP contribution in [0.1, 0.15) is 5.56 Å². The first-order chi connectivity index (χ1) is 14.0. The number of likely N-dealkylation sites (N-methyl/N-ethyl adjacent to an activating group) is 1. The van der Waals surface area contributed by atoms with Gasteiger partial charge in [0, 0.05) is 49.2 Å². The van der Waals surface area contributed by atoms with Gasteiger partial charge in [0.05, 0.1) is 24.0 Å². The Morgan fingerprint density at radius 3 is 2.83 bits per heavy atom. The van der Waals surface area contributed by atoms with Crippen LogP contribution in [0.25, 0.3) is 0 Å². The van der Waals surface area contributed by atoms with Gasteiger partial charge >= 0.3 is 0 Å². The van der Waals surface area contributed by atoms with Crippen molar-refractivity contribution < 1.29 is 14.5 Å². The zero-order chi connectivity index (χ0) is 20.5. The number of amides is 1. The third-order valence-corrected chi connectivity index (χ3v) is 5.78. The fourth-order valence-corrected chi connectivity index (χ4v) is 4.30. The summed E-state index contributed by atoms with van der Waals surface area (Å²) in [7, 11) is 3.64. The van der Waals surface area contributed by atoms with Gasteiger partial charge < -0.3 is 19.9 Å². The number of piperazine rings is 1. The average Bonchev–Trinajstić information content (AvgIpc) is 2.72. The van der Waals surface area contributed by atoms with E-state index in [9.17, 15) is 14.9 Å². The maximum Gasteiger partial charge on any atom is 0.269 e. The van der Waals surface area contributed by atoms with E-state index in [0.717, 1.165) is 30.9 Å². The van der Waals surface area contributed by atoms with Gasteiger partial charge in [0.15, 0.2) is 0 Å². The first-order valence-corrected chi connectivity index (χ1v) is 9.63. The molecule has 1 saturated heterocycles. The average molecular weight is 396 g/mol. The number of non-ortho nitro benzene ring substituents is 1. The number of carbonyl (C=O) groups is 1. The quantitative estimate of drug-likeness (QED) is 0.631. The summed E-state index contributed by atoms with van der Waals surface area (Å²) in [6, 6.07) is 12.3. The predicted octanol–water partition coefficient (Wildman–Crippen LogP) is 2.53. The molecule has 8 heteroatoms. The van der Waals surface area contributed by atoms with Gasteiger partial charge in [-0.25, -0.2) is 0 Å². The van der Waals surface area contributed by atoms with Gasteiger partial charge in [0.25, 0.3) is 5.69 Å². The van der Waals surface area contributed by atoms with Gasteiger partial charge in [-0.2, -0.15) is 0 Å². The zero-order valence-corrected chi connectivity index (χ0v) is 16.5. The molecule has 0 aromatic heterocycles. The molecule has 2 aromatic carbocycles. The van der Waals surface area contributed by atoms with Crippen LogP contribution >= 0.6 is 0 Å². The van der Waals surface area contributed by atoms with Crippen molar-refractivity contribution in [3.8, 4) is 5.75 Å². The van der Waals surface area contributed by atoms with Crippen molar-refractivity contribution in [1.82, 2.24) is 4.90 Å². The molecule has 1 N–H and O–H groups in total. The number of nitro groups is 1. The zero-order valence-electron chi connectivity index (χ0n) is 16.5. The normalized spacial score (nSPS) is 21.1. The number of rotatable bonds is 4. The summed E-state index contributed by atoms with van der Waals surface area (Å²) in [5.74, 6) is 0.283. The Hall–Kier alpha value is -3.13. The maximum absolute atomic E-state index is 13.2. The Morgan fingerprint density at radius 2 is 2.07 bits per heavy atom. The maximum atomic E-state index is 13.2. The van der Waals surface area contributed by atoms with Crippen LogP contribution < -0.4 is 15.0 Å². The number of nitro benzene ring substituents is 1. The molecule has 29 heavy (non-hydrogen) atoms. The van der Waals surface area contributed by atoms with Crippen molar-refractivity contribution >= 4 is 23.0 Å². The Labute approximate surface area is 169 Å². The molecular formula is C21H24N4O4. The smallest absolute Gasteiger partial charge is 0.269 e. The van der Waals surface area contributed by atoms with Crippen LogP contribution in [0.5, 0.6) is 5.75 Å². The summed E-state index contributed by atoms with van der Waals surface area (Å²) >= 11 is 0. The highest BCUT2D eigenvalue weighted by molar-refractivity contribution is 5.94. The third-order valence-electron chi connectivity index (χ3n) is 5.78. The molecular weight excluding hydrogens is 372 g/mol. The second kappa shape index (κ2) is 7.71. The van der Waals surface area contributed by atoms with Crippen molar-refractivity contribution in [2.75, 3.05) is 44.0 Å². The lowest BCUT2D eigenvalue weighted by Gasteiger charge is -2.48. The lowest BCUT2D eigenvalue weighted by Crippen LogP contribution is -2.59. The van der Waals surface area contributed by atoms with Crippen LogP contribution in [-0.4, -0.2) is 55.6 Å². The van der Waals surface area contributed by atoms with Gasteiger partial charge in [0.2, 0.25) is 5.91 Å². The molecule has 152 valence electrons. The van der Waals surface area contributed by atoms with Gasteiger partial charge in [0.1, 0.15) is 5.75 Å². The Morgan fingerprint density at radius 1 is 1.24 bits per heavy atom. The van der Waals surface area contributed by atoms with Crippen LogP contribution in [0, 0.1) is 16.0 Å². The molecule has 1 amide bonds. The molecule has 0 radical (unpaired) electrons. The van der Waals surface area contributed by atoms with Crippen LogP contribution in [0.15, 0.2) is 42.5 Å². The summed E-state index contributed by atoms with van der Waals surface area (Å²) in [6.07, 6.45) is 0.474. The first kappa shape index (κ1) is 19.2. The Bertz CT molecular complexity index is 948. The fraction of sp³-hybridized carbons (Fsp3) is 0.381. The molecule has 1 fully saturated rings. The molecule has 8 nitrogen and oxygen atoms in total. The highest BCUT2D eigenvalue weighted by Crippen LogP contribution is 2.38. The van der Waals surface area contributed by atoms with Gasteiger partial charge in [-0.15, -0.1) is 0 Å². The first-order valence-electron chi connectivity index (χ1n) is 9.63. The van der Waals surface area contributed by atoms with Gasteiger partial charge in [-0.3, -0.25) is 14.9 Å². The Balaban J connectivity index is 1.65. The fourth-order valence-electron chi connectivity index (χ4n) is 4.30. The molecule has 0 spiro atoms. The molecule has 0 aliphatic carbocycles. The summed E-state index contributed by atoms with van der Waals surface area (Å²) in [4.78, 5) is 28.5. The van der Waals surface area contributed by atoms with E-state index < -0.39 is 0 Å². The van der Waals surface area contributed by atoms with Crippen molar-refractivity contribution in [1.29, 1.82) is 0 Å². The van der Waals surface area contributed by atoms with Crippen LogP contribution in [-0.2, 0) is 11.2 Å². The minimum atomic E-state index is -0.387. The molecule has 2 aliphatic heterocycles. The molecule has 2 atom stereocenters. The number of nitrogens with zero attached hydrogens (tertiary/aromatic N) is 3. The number of fused-ring (bicyclic) bond motifs is 3. The highest BCUT2D eigenvalue weighted by atomic mass is 16.6. The summed E-state index contributed by atoms with van der Waals surface area (Å²) in [6.45, 7) is 2.44. The molecule has 2 aromatic rings. The van der Waals surface area contributed by atoms with E-state index in [1.807, 2.05) is 24.3 Å². The van der Waals surface area contributed by atoms with E-state index in [0.29, 0.717) is 17.9 Å². The number of hydrogen-bond donors (Lipinski definition) is 1. The van der Waals surface area contributed by atoms with Crippen molar-refractivity contribution in [2.24, 2.45) is 5.92 Å². The van der Waals surface area contributed by atoms with Crippen molar-refractivity contribution in [2.45, 2.75) is 12.5 Å². The minimum absolute atomic E-state index is 0.0216. The lowest BCUT2D eigenvalue weighted by molar-refractivity contribution is -0.384. The number of ether oxygens (including phenoxy) is 1. The molecule has 2 heterocycles. The summed E-state index contributed by atoms with van der Waals surface area (Å²) in [5, 5.41) is 14.2. The number of benzene rings is 2. The monoisotopic (exact) mass is 396 g/mol. The van der Waals surface area contributed by atoms with E-state index in [1.54, 1.807) is 25.3 Å². The van der Waals surface area contributed by atoms with E-state index in [2.05, 4.69) is 22.2 Å². The standard InChI is InChI=1S/C21H24N4O4/c1-23-8-9-24-19-7-6-16(25(27)28)10-14(19)11-18(20(24)13-23)21(26)22-15-4-3-5-17(12-15)29-2/h3-7,10,12,18,20H,8-9,11,13H2,1-2H3,(H,22,26)/t18-,20+/m0/s1. The topological polar surface area (TPSA) is 87.9 Å². The van der Waals surface area contributed by atoms with E-state index in [-0.39, 0.29) is 28.5 Å². The van der Waals surface area contributed by atoms with E-state index in [4.69, 9.17) is 4.74 Å². The van der Waals surface area contributed by atoms with Crippen LogP contribution in [0.2, 0.25) is 0 Å². The van der Waals surface area contributed by atoms with Crippen molar-refractivity contribution in [3.63, 3.8) is 0 Å². The lowest BCUT2D eigenvalue weighted by atomic mass is 9.83. The highest BCUT2D eigenvalue weighted by Gasteiger charge is 2.41. The van der Waals surface area contributed by atoms with Crippen molar-refractivity contribution in [3.05, 3.63) is 58.1 Å². The minimum Gasteiger partial charge on any atom is -0.497 e. The summed E-state index contributed by atoms with van der Waals surface area (Å²) < 4.78 is 5.23. The number of carbonyl (C=O) groups excluding carboxylic acids is 1. The molecule has 0 bridgehead atoms. The molecule has 2 aliphatic rings. The summed E-state index contributed by atoms with van der Waals surface area (Å²) in [5.41, 5.74) is 2.59. The van der Waals surface area contributed by atoms with E-state index in [1.165, 1.54) is 0 Å².